The van der Waals surface area contributed by atoms with Crippen molar-refractivity contribution in [1.29, 1.82) is 0 Å². The largest absolute Gasteiger partial charge is 0.497 e. The van der Waals surface area contributed by atoms with Gasteiger partial charge in [0.25, 0.3) is 0 Å². The first-order valence-corrected chi connectivity index (χ1v) is 9.12. The van der Waals surface area contributed by atoms with Crippen LogP contribution < -0.4 is 10.1 Å². The topological polar surface area (TPSA) is 56.1 Å². The molecule has 1 amide bonds. The smallest absolute Gasteiger partial charge is 0.225 e. The molecule has 0 saturated carbocycles. The number of ether oxygens (including phenoxy) is 1. The standard InChI is InChI=1S/C20H20BrN3O2/c1-26-18-4-2-3-15(13-18)7-10-20(25)23-19-11-12-22-24(19)14-16-5-8-17(21)9-6-16/h2-6,8-9,11-13H,7,10,14H2,1H3,(H,23,25). The van der Waals surface area contributed by atoms with Crippen LogP contribution >= 0.6 is 15.9 Å². The lowest BCUT2D eigenvalue weighted by atomic mass is 10.1. The maximum atomic E-state index is 12.3. The number of nitrogens with one attached hydrogen (secondary N) is 1. The van der Waals surface area contributed by atoms with Crippen molar-refractivity contribution in [1.82, 2.24) is 9.78 Å². The SMILES string of the molecule is COc1cccc(CCC(=O)Nc2ccnn2Cc2ccc(Br)cc2)c1. The summed E-state index contributed by atoms with van der Waals surface area (Å²) < 4.78 is 8.03. The van der Waals surface area contributed by atoms with Gasteiger partial charge in [-0.05, 0) is 41.8 Å². The predicted molar refractivity (Wildman–Crippen MR) is 105 cm³/mol. The first kappa shape index (κ1) is 18.2. The van der Waals surface area contributed by atoms with Crippen molar-refractivity contribution in [3.63, 3.8) is 0 Å². The molecule has 0 saturated heterocycles. The van der Waals surface area contributed by atoms with Crippen LogP contribution in [0.1, 0.15) is 17.5 Å². The zero-order chi connectivity index (χ0) is 18.4. The van der Waals surface area contributed by atoms with Gasteiger partial charge in [-0.15, -0.1) is 0 Å². The van der Waals surface area contributed by atoms with Crippen molar-refractivity contribution in [3.05, 3.63) is 76.4 Å². The molecule has 6 heteroatoms. The van der Waals surface area contributed by atoms with Crippen molar-refractivity contribution < 1.29 is 9.53 Å². The summed E-state index contributed by atoms with van der Waals surface area (Å²) in [6.07, 6.45) is 2.75. The highest BCUT2D eigenvalue weighted by atomic mass is 79.9. The third-order valence-corrected chi connectivity index (χ3v) is 4.53. The predicted octanol–water partition coefficient (Wildman–Crippen LogP) is 4.27. The molecule has 2 aromatic carbocycles. The number of rotatable bonds is 7. The van der Waals surface area contributed by atoms with Crippen LogP contribution in [0.5, 0.6) is 5.75 Å². The highest BCUT2D eigenvalue weighted by Crippen LogP contribution is 2.16. The van der Waals surface area contributed by atoms with Crippen LogP contribution in [0, 0.1) is 0 Å². The van der Waals surface area contributed by atoms with E-state index in [0.717, 1.165) is 21.3 Å². The van der Waals surface area contributed by atoms with Crippen molar-refractivity contribution in [2.45, 2.75) is 19.4 Å². The zero-order valence-corrected chi connectivity index (χ0v) is 16.1. The Morgan fingerprint density at radius 2 is 1.96 bits per heavy atom. The van der Waals surface area contributed by atoms with E-state index < -0.39 is 0 Å². The van der Waals surface area contributed by atoms with Gasteiger partial charge in [0, 0.05) is 17.0 Å². The summed E-state index contributed by atoms with van der Waals surface area (Å²) >= 11 is 3.43. The lowest BCUT2D eigenvalue weighted by molar-refractivity contribution is -0.116. The van der Waals surface area contributed by atoms with Gasteiger partial charge in [0.05, 0.1) is 19.9 Å². The molecular formula is C20H20BrN3O2. The van der Waals surface area contributed by atoms with Crippen LogP contribution in [0.25, 0.3) is 0 Å². The molecular weight excluding hydrogens is 394 g/mol. The van der Waals surface area contributed by atoms with Gasteiger partial charge >= 0.3 is 0 Å². The molecule has 0 bridgehead atoms. The second kappa shape index (κ2) is 8.67. The Labute approximate surface area is 161 Å². The Morgan fingerprint density at radius 1 is 1.15 bits per heavy atom. The quantitative estimate of drug-likeness (QED) is 0.628. The molecule has 0 aliphatic heterocycles. The van der Waals surface area contributed by atoms with Crippen molar-refractivity contribution in [2.75, 3.05) is 12.4 Å². The fourth-order valence-corrected chi connectivity index (χ4v) is 2.88. The second-order valence-electron chi connectivity index (χ2n) is 5.90. The molecule has 0 fully saturated rings. The monoisotopic (exact) mass is 413 g/mol. The third-order valence-electron chi connectivity index (χ3n) is 4.00. The molecule has 0 aliphatic carbocycles. The van der Waals surface area contributed by atoms with E-state index in [1.807, 2.05) is 54.6 Å². The summed E-state index contributed by atoms with van der Waals surface area (Å²) in [4.78, 5) is 12.3. The summed E-state index contributed by atoms with van der Waals surface area (Å²) in [7, 11) is 1.64. The zero-order valence-electron chi connectivity index (χ0n) is 14.5. The number of aromatic nitrogens is 2. The summed E-state index contributed by atoms with van der Waals surface area (Å²) in [5.41, 5.74) is 2.19. The lowest BCUT2D eigenvalue weighted by Crippen LogP contribution is -2.16. The Bertz CT molecular complexity index is 875. The molecule has 5 nitrogen and oxygen atoms in total. The van der Waals surface area contributed by atoms with Gasteiger partial charge in [-0.1, -0.05) is 40.2 Å². The molecule has 1 N–H and O–H groups in total. The molecule has 0 unspecified atom stereocenters. The highest BCUT2D eigenvalue weighted by Gasteiger charge is 2.08. The third kappa shape index (κ3) is 4.95. The Morgan fingerprint density at radius 3 is 2.73 bits per heavy atom. The number of nitrogens with zero attached hydrogens (tertiary/aromatic N) is 2. The minimum absolute atomic E-state index is 0.0367. The van der Waals surface area contributed by atoms with E-state index in [0.29, 0.717) is 25.2 Å². The summed E-state index contributed by atoms with van der Waals surface area (Å²) in [5, 5.41) is 7.24. The number of anilines is 1. The van der Waals surface area contributed by atoms with Crippen LogP contribution in [-0.4, -0.2) is 22.8 Å². The number of carbonyl (C=O) groups is 1. The number of aryl methyl sites for hydroxylation is 1. The second-order valence-corrected chi connectivity index (χ2v) is 6.82. The summed E-state index contributed by atoms with van der Waals surface area (Å²) in [6, 6.07) is 17.6. The number of carbonyl (C=O) groups excluding carboxylic acids is 1. The van der Waals surface area contributed by atoms with Crippen molar-refractivity contribution >= 4 is 27.7 Å². The van der Waals surface area contributed by atoms with Gasteiger partial charge in [0.2, 0.25) is 5.91 Å². The van der Waals surface area contributed by atoms with Crippen molar-refractivity contribution in [2.24, 2.45) is 0 Å². The van der Waals surface area contributed by atoms with Crippen LogP contribution in [0.2, 0.25) is 0 Å². The van der Waals surface area contributed by atoms with Crippen LogP contribution in [0.3, 0.4) is 0 Å². The number of halogens is 1. The number of benzene rings is 2. The molecule has 1 aromatic heterocycles. The Balaban J connectivity index is 1.57. The fourth-order valence-electron chi connectivity index (χ4n) is 2.62. The molecule has 0 spiro atoms. The highest BCUT2D eigenvalue weighted by molar-refractivity contribution is 9.10. The van der Waals surface area contributed by atoms with Gasteiger partial charge in [0.1, 0.15) is 11.6 Å². The van der Waals surface area contributed by atoms with Crippen LogP contribution in [0.15, 0.2) is 65.3 Å². The first-order chi connectivity index (χ1) is 12.6. The van der Waals surface area contributed by atoms with Gasteiger partial charge in [-0.2, -0.15) is 5.10 Å². The van der Waals surface area contributed by atoms with Gasteiger partial charge < -0.3 is 10.1 Å². The number of amides is 1. The Hall–Kier alpha value is -2.60. The molecule has 3 rings (SSSR count). The number of hydrogen-bond donors (Lipinski definition) is 1. The molecule has 0 aliphatic rings. The molecule has 0 radical (unpaired) electrons. The van der Waals surface area contributed by atoms with E-state index in [2.05, 4.69) is 26.3 Å². The molecule has 0 atom stereocenters. The van der Waals surface area contributed by atoms with E-state index in [4.69, 9.17) is 4.74 Å². The first-order valence-electron chi connectivity index (χ1n) is 8.33. The van der Waals surface area contributed by atoms with Crippen LogP contribution in [-0.2, 0) is 17.8 Å². The van der Waals surface area contributed by atoms with Crippen LogP contribution in [0.4, 0.5) is 5.82 Å². The van der Waals surface area contributed by atoms with Gasteiger partial charge in [-0.25, -0.2) is 4.68 Å². The summed E-state index contributed by atoms with van der Waals surface area (Å²) in [6.45, 7) is 0.603. The lowest BCUT2D eigenvalue weighted by Gasteiger charge is -2.10. The molecule has 26 heavy (non-hydrogen) atoms. The number of hydrogen-bond acceptors (Lipinski definition) is 3. The molecule has 3 aromatic rings. The van der Waals surface area contributed by atoms with E-state index in [1.54, 1.807) is 18.0 Å². The van der Waals surface area contributed by atoms with E-state index in [1.165, 1.54) is 0 Å². The van der Waals surface area contributed by atoms with E-state index >= 15 is 0 Å². The maximum Gasteiger partial charge on any atom is 0.225 e. The maximum absolute atomic E-state index is 12.3. The van der Waals surface area contributed by atoms with Gasteiger partial charge in [-0.3, -0.25) is 4.79 Å². The minimum atomic E-state index is -0.0367. The molecule has 1 heterocycles. The molecule has 134 valence electrons. The Kier molecular flexibility index (Phi) is 6.07. The fraction of sp³-hybridized carbons (Fsp3) is 0.200. The normalized spacial score (nSPS) is 10.5. The van der Waals surface area contributed by atoms with E-state index in [-0.39, 0.29) is 5.91 Å². The average Bonchev–Trinajstić information content (AvgIpc) is 3.08. The van der Waals surface area contributed by atoms with Gasteiger partial charge in [0.15, 0.2) is 0 Å². The minimum Gasteiger partial charge on any atom is -0.497 e. The van der Waals surface area contributed by atoms with Crippen molar-refractivity contribution in [3.8, 4) is 5.75 Å². The number of methoxy groups -OCH3 is 1. The van der Waals surface area contributed by atoms with E-state index in [9.17, 15) is 4.79 Å². The summed E-state index contributed by atoms with van der Waals surface area (Å²) in [5.74, 6) is 1.46. The average molecular weight is 414 g/mol.